The fraction of sp³-hybridized carbons (Fsp3) is 0.0645. The molecule has 0 unspecified atom stereocenters. The summed E-state index contributed by atoms with van der Waals surface area (Å²) in [5.74, 6) is 0. The van der Waals surface area contributed by atoms with Gasteiger partial charge < -0.3 is 0 Å². The molecule has 0 atom stereocenters. The van der Waals surface area contributed by atoms with Crippen LogP contribution in [0, 0.1) is 0 Å². The van der Waals surface area contributed by atoms with Gasteiger partial charge >= 0.3 is 0 Å². The van der Waals surface area contributed by atoms with Gasteiger partial charge in [0, 0.05) is 23.2 Å². The van der Waals surface area contributed by atoms with Crippen LogP contribution in [0.2, 0.25) is 0 Å². The molecule has 0 saturated heterocycles. The molecule has 4 heteroatoms. The monoisotopic (exact) mass is 446 g/mol. The molecule has 9 rings (SSSR count). The third-order valence-electron chi connectivity index (χ3n) is 7.95. The summed E-state index contributed by atoms with van der Waals surface area (Å²) in [6.07, 6.45) is 5.61. The summed E-state index contributed by atoms with van der Waals surface area (Å²) in [6, 6.07) is 26.3. The minimum atomic E-state index is 0.859. The summed E-state index contributed by atoms with van der Waals surface area (Å²) in [4.78, 5) is 14.6. The maximum absolute atomic E-state index is 5.10. The molecule has 4 nitrogen and oxygen atoms in total. The van der Waals surface area contributed by atoms with E-state index in [-0.39, 0.29) is 0 Å². The van der Waals surface area contributed by atoms with Gasteiger partial charge in [0.05, 0.1) is 0 Å². The number of fused-ring (bicyclic) bond motifs is 16. The van der Waals surface area contributed by atoms with E-state index in [0.29, 0.717) is 0 Å². The van der Waals surface area contributed by atoms with Gasteiger partial charge in [0.25, 0.3) is 0 Å². The van der Waals surface area contributed by atoms with Crippen molar-refractivity contribution in [1.82, 2.24) is 19.4 Å². The van der Waals surface area contributed by atoms with Crippen LogP contribution in [-0.2, 0) is 12.8 Å². The van der Waals surface area contributed by atoms with Gasteiger partial charge in [0.15, 0.2) is 5.65 Å². The Bertz CT molecular complexity index is 2070. The number of nitrogens with zero attached hydrogens (tertiary/aromatic N) is 4. The van der Waals surface area contributed by atoms with E-state index in [9.17, 15) is 0 Å². The molecular formula is C31H18N4. The summed E-state index contributed by atoms with van der Waals surface area (Å²) in [7, 11) is 0. The van der Waals surface area contributed by atoms with Gasteiger partial charge in [0.1, 0.15) is 16.8 Å². The van der Waals surface area contributed by atoms with Crippen molar-refractivity contribution in [3.8, 4) is 22.3 Å². The smallest absolute Gasteiger partial charge is 0.166 e. The summed E-state index contributed by atoms with van der Waals surface area (Å²) >= 11 is 0. The second kappa shape index (κ2) is 6.10. The molecule has 0 bridgehead atoms. The van der Waals surface area contributed by atoms with E-state index < -0.39 is 0 Å². The van der Waals surface area contributed by atoms with Crippen LogP contribution in [0.4, 0.5) is 0 Å². The van der Waals surface area contributed by atoms with Gasteiger partial charge in [-0.15, -0.1) is 0 Å². The maximum Gasteiger partial charge on any atom is 0.166 e. The van der Waals surface area contributed by atoms with Gasteiger partial charge in [0.2, 0.25) is 0 Å². The molecule has 0 amide bonds. The number of imidazole rings is 1. The molecule has 2 aliphatic carbocycles. The van der Waals surface area contributed by atoms with Crippen LogP contribution < -0.4 is 0 Å². The first-order valence-electron chi connectivity index (χ1n) is 12.1. The van der Waals surface area contributed by atoms with E-state index in [0.717, 1.165) is 40.7 Å². The standard InChI is InChI=1S/C31H18N4/c1-2-6-19-17(5-1)15-24-20(19)10-9-18-16-25-22(27(18)24)12-11-21-23-7-3-13-32-29(23)35-30-26(8-4-14-33-30)34-31(35)28(21)25/h1-14H,15-16H2. The van der Waals surface area contributed by atoms with Crippen LogP contribution >= 0.6 is 0 Å². The summed E-state index contributed by atoms with van der Waals surface area (Å²) in [5, 5.41) is 3.57. The minimum Gasteiger partial charge on any atom is -0.260 e. The lowest BCUT2D eigenvalue weighted by Gasteiger charge is -2.12. The van der Waals surface area contributed by atoms with Crippen LogP contribution in [0.15, 0.2) is 85.2 Å². The van der Waals surface area contributed by atoms with Crippen molar-refractivity contribution >= 4 is 38.6 Å². The summed E-state index contributed by atoms with van der Waals surface area (Å²) in [5.41, 5.74) is 14.8. The number of hydrogen-bond donors (Lipinski definition) is 0. The lowest BCUT2D eigenvalue weighted by atomic mass is 9.94. The van der Waals surface area contributed by atoms with Gasteiger partial charge in [-0.3, -0.25) is 4.40 Å². The zero-order valence-electron chi connectivity index (χ0n) is 18.8. The van der Waals surface area contributed by atoms with Crippen LogP contribution in [0.5, 0.6) is 0 Å². The molecule has 0 N–H and O–H groups in total. The maximum atomic E-state index is 5.10. The molecule has 4 heterocycles. The number of rotatable bonds is 0. The first-order chi connectivity index (χ1) is 17.4. The normalized spacial score (nSPS) is 13.5. The highest BCUT2D eigenvalue weighted by Gasteiger charge is 2.30. The Balaban J connectivity index is 1.44. The Hall–Kier alpha value is -4.57. The number of pyridine rings is 3. The summed E-state index contributed by atoms with van der Waals surface area (Å²) < 4.78 is 2.15. The van der Waals surface area contributed by atoms with Crippen LogP contribution in [0.3, 0.4) is 0 Å². The molecule has 0 saturated carbocycles. The van der Waals surface area contributed by atoms with Gasteiger partial charge in [-0.1, -0.05) is 48.5 Å². The molecule has 0 spiro atoms. The molecule has 0 aliphatic heterocycles. The van der Waals surface area contributed by atoms with Gasteiger partial charge in [-0.2, -0.15) is 0 Å². The van der Waals surface area contributed by atoms with E-state index in [1.807, 2.05) is 30.6 Å². The van der Waals surface area contributed by atoms with E-state index in [2.05, 4.69) is 64.0 Å². The number of hydrogen-bond acceptors (Lipinski definition) is 3. The highest BCUT2D eigenvalue weighted by Crippen LogP contribution is 2.50. The van der Waals surface area contributed by atoms with Gasteiger partial charge in [-0.05, 0) is 87.0 Å². The van der Waals surface area contributed by atoms with E-state index >= 15 is 0 Å². The predicted octanol–water partition coefficient (Wildman–Crippen LogP) is 6.73. The van der Waals surface area contributed by atoms with Crippen molar-refractivity contribution in [2.24, 2.45) is 0 Å². The van der Waals surface area contributed by atoms with Crippen molar-refractivity contribution in [1.29, 1.82) is 0 Å². The van der Waals surface area contributed by atoms with E-state index in [1.54, 1.807) is 0 Å². The number of benzene rings is 3. The fourth-order valence-corrected chi connectivity index (χ4v) is 6.54. The highest BCUT2D eigenvalue weighted by atomic mass is 15.1. The van der Waals surface area contributed by atoms with Crippen molar-refractivity contribution in [2.75, 3.05) is 0 Å². The average Bonchev–Trinajstić information content (AvgIpc) is 3.59. The average molecular weight is 447 g/mol. The Morgan fingerprint density at radius 3 is 2.37 bits per heavy atom. The minimum absolute atomic E-state index is 0.859. The van der Waals surface area contributed by atoms with Crippen molar-refractivity contribution in [2.45, 2.75) is 12.8 Å². The predicted molar refractivity (Wildman–Crippen MR) is 140 cm³/mol. The lowest BCUT2D eigenvalue weighted by Crippen LogP contribution is -1.97. The molecule has 0 fully saturated rings. The van der Waals surface area contributed by atoms with Gasteiger partial charge in [-0.25, -0.2) is 15.0 Å². The zero-order valence-corrected chi connectivity index (χ0v) is 18.8. The van der Waals surface area contributed by atoms with Crippen molar-refractivity contribution < 1.29 is 0 Å². The Kier molecular flexibility index (Phi) is 3.11. The SMILES string of the molecule is c1ccc2c(c1)Cc1c-2ccc2c1-c1ccc3c4cccnc4n4c5ncccc5nc4c3c1C2. The zero-order chi connectivity index (χ0) is 22.7. The third kappa shape index (κ3) is 2.11. The Morgan fingerprint density at radius 1 is 0.571 bits per heavy atom. The molecule has 2 aliphatic rings. The number of aromatic nitrogens is 4. The van der Waals surface area contributed by atoms with Crippen molar-refractivity contribution in [3.63, 3.8) is 0 Å². The third-order valence-corrected chi connectivity index (χ3v) is 7.95. The fourth-order valence-electron chi connectivity index (χ4n) is 6.54. The van der Waals surface area contributed by atoms with Crippen LogP contribution in [-0.4, -0.2) is 19.4 Å². The second-order valence-electron chi connectivity index (χ2n) is 9.64. The lowest BCUT2D eigenvalue weighted by molar-refractivity contribution is 1.19. The Morgan fingerprint density at radius 2 is 1.40 bits per heavy atom. The quantitative estimate of drug-likeness (QED) is 0.243. The molecule has 3 aromatic carbocycles. The molecule has 35 heavy (non-hydrogen) atoms. The van der Waals surface area contributed by atoms with E-state index in [4.69, 9.17) is 9.97 Å². The Labute approximate surface area is 200 Å². The van der Waals surface area contributed by atoms with Crippen LogP contribution in [0.1, 0.15) is 22.3 Å². The second-order valence-corrected chi connectivity index (χ2v) is 9.64. The van der Waals surface area contributed by atoms with E-state index in [1.165, 1.54) is 55.3 Å². The van der Waals surface area contributed by atoms with Crippen molar-refractivity contribution in [3.05, 3.63) is 107 Å². The molecular weight excluding hydrogens is 428 g/mol. The molecule has 7 aromatic rings. The first kappa shape index (κ1) is 17.8. The van der Waals surface area contributed by atoms with Crippen LogP contribution in [0.25, 0.3) is 60.9 Å². The molecule has 162 valence electrons. The largest absolute Gasteiger partial charge is 0.260 e. The molecule has 0 radical (unpaired) electrons. The first-order valence-corrected chi connectivity index (χ1v) is 12.1. The summed E-state index contributed by atoms with van der Waals surface area (Å²) in [6.45, 7) is 0. The molecule has 4 aromatic heterocycles. The highest BCUT2D eigenvalue weighted by molar-refractivity contribution is 6.16. The topological polar surface area (TPSA) is 43.1 Å².